The number of carbonyl (C=O) groups excluding carboxylic acids is 3. The third-order valence-corrected chi connectivity index (χ3v) is 6.95. The van der Waals surface area contributed by atoms with Crippen LogP contribution in [0.1, 0.15) is 31.8 Å². The van der Waals surface area contributed by atoms with Crippen molar-refractivity contribution < 1.29 is 28.6 Å². The van der Waals surface area contributed by atoms with E-state index in [1.165, 1.54) is 34.4 Å². The van der Waals surface area contributed by atoms with Crippen LogP contribution in [0.25, 0.3) is 5.76 Å². The molecule has 0 radical (unpaired) electrons. The van der Waals surface area contributed by atoms with Crippen LogP contribution in [-0.2, 0) is 14.3 Å². The standard InChI is InChI=1S/C23H17FN2O5S2/c1-3-10-31-22(30)20-12(2)25-23(33-20)26-17(15-5-4-11-32-15)16(19(28)21(26)29)18(27)13-6-8-14(24)9-7-13/h3-9,11,17,27H,1,10H2,2H3. The average Bonchev–Trinajstić information content (AvgIpc) is 3.51. The number of anilines is 1. The lowest BCUT2D eigenvalue weighted by molar-refractivity contribution is -0.132. The van der Waals surface area contributed by atoms with Gasteiger partial charge in [0.2, 0.25) is 0 Å². The summed E-state index contributed by atoms with van der Waals surface area (Å²) in [4.78, 5) is 44.8. The number of carbonyl (C=O) groups is 3. The van der Waals surface area contributed by atoms with Crippen LogP contribution in [0.5, 0.6) is 0 Å². The second-order valence-corrected chi connectivity index (χ2v) is 8.95. The number of rotatable bonds is 6. The summed E-state index contributed by atoms with van der Waals surface area (Å²) in [5, 5.41) is 12.8. The third kappa shape index (κ3) is 4.10. The maximum atomic E-state index is 13.4. The van der Waals surface area contributed by atoms with E-state index in [0.717, 1.165) is 23.5 Å². The highest BCUT2D eigenvalue weighted by atomic mass is 32.1. The van der Waals surface area contributed by atoms with Crippen molar-refractivity contribution in [3.05, 3.63) is 86.8 Å². The molecule has 1 atom stereocenters. The molecular formula is C23H17FN2O5S2. The highest BCUT2D eigenvalue weighted by molar-refractivity contribution is 7.18. The van der Waals surface area contributed by atoms with Gasteiger partial charge in [0.1, 0.15) is 29.1 Å². The lowest BCUT2D eigenvalue weighted by Gasteiger charge is -2.21. The van der Waals surface area contributed by atoms with E-state index >= 15 is 0 Å². The Kier molecular flexibility index (Phi) is 6.21. The van der Waals surface area contributed by atoms with E-state index in [-0.39, 0.29) is 27.8 Å². The Morgan fingerprint density at radius 2 is 2.03 bits per heavy atom. The number of nitrogens with zero attached hydrogens (tertiary/aromatic N) is 2. The zero-order chi connectivity index (χ0) is 23.7. The van der Waals surface area contributed by atoms with E-state index in [9.17, 15) is 23.9 Å². The van der Waals surface area contributed by atoms with Crippen LogP contribution in [0.3, 0.4) is 0 Å². The van der Waals surface area contributed by atoms with Crippen LogP contribution in [-0.4, -0.2) is 34.4 Å². The van der Waals surface area contributed by atoms with Gasteiger partial charge in [0.15, 0.2) is 5.13 Å². The largest absolute Gasteiger partial charge is 0.507 e. The zero-order valence-electron chi connectivity index (χ0n) is 17.3. The Labute approximate surface area is 196 Å². The number of aliphatic hydroxyl groups excluding tert-OH is 1. The van der Waals surface area contributed by atoms with E-state index in [4.69, 9.17) is 4.74 Å². The number of esters is 1. The Morgan fingerprint density at radius 1 is 1.30 bits per heavy atom. The topological polar surface area (TPSA) is 96.8 Å². The molecule has 168 valence electrons. The van der Waals surface area contributed by atoms with Gasteiger partial charge in [-0.1, -0.05) is 30.1 Å². The summed E-state index contributed by atoms with van der Waals surface area (Å²) in [6, 6.07) is 7.47. The number of amides is 1. The number of ketones is 1. The number of halogens is 1. The predicted octanol–water partition coefficient (Wildman–Crippen LogP) is 4.62. The van der Waals surface area contributed by atoms with Gasteiger partial charge >= 0.3 is 11.9 Å². The second-order valence-electron chi connectivity index (χ2n) is 6.99. The Balaban J connectivity index is 1.84. The van der Waals surface area contributed by atoms with Crippen LogP contribution >= 0.6 is 22.7 Å². The number of aromatic nitrogens is 1. The van der Waals surface area contributed by atoms with Crippen LogP contribution in [0.4, 0.5) is 9.52 Å². The monoisotopic (exact) mass is 484 g/mol. The fraction of sp³-hybridized carbons (Fsp3) is 0.130. The molecule has 33 heavy (non-hydrogen) atoms. The number of Topliss-reactive ketones (excluding diaryl/α,β-unsaturated/α-hetero) is 1. The molecule has 1 fully saturated rings. The highest BCUT2D eigenvalue weighted by Crippen LogP contribution is 2.45. The Hall–Kier alpha value is -3.63. The van der Waals surface area contributed by atoms with E-state index in [1.54, 1.807) is 24.4 Å². The number of aliphatic hydroxyl groups is 1. The van der Waals surface area contributed by atoms with Crippen LogP contribution in [0, 0.1) is 12.7 Å². The van der Waals surface area contributed by atoms with Gasteiger partial charge in [-0.2, -0.15) is 0 Å². The van der Waals surface area contributed by atoms with Gasteiger partial charge in [0.05, 0.1) is 11.3 Å². The SMILES string of the molecule is C=CCOC(=O)c1sc(N2C(=O)C(=O)C(=C(O)c3ccc(F)cc3)C2c2cccs2)nc1C. The fourth-order valence-electron chi connectivity index (χ4n) is 3.38. The molecule has 1 aliphatic rings. The number of benzene rings is 1. The smallest absolute Gasteiger partial charge is 0.350 e. The van der Waals surface area contributed by atoms with Gasteiger partial charge in [-0.05, 0) is 42.6 Å². The summed E-state index contributed by atoms with van der Waals surface area (Å²) in [6.07, 6.45) is 1.43. The highest BCUT2D eigenvalue weighted by Gasteiger charge is 2.48. The van der Waals surface area contributed by atoms with E-state index < -0.39 is 35.3 Å². The molecule has 1 N–H and O–H groups in total. The first-order valence-electron chi connectivity index (χ1n) is 9.69. The quantitative estimate of drug-likeness (QED) is 0.180. The van der Waals surface area contributed by atoms with Crippen molar-refractivity contribution in [2.24, 2.45) is 0 Å². The molecule has 0 saturated carbocycles. The van der Waals surface area contributed by atoms with Gasteiger partial charge in [-0.25, -0.2) is 14.2 Å². The maximum Gasteiger partial charge on any atom is 0.350 e. The molecule has 10 heteroatoms. The maximum absolute atomic E-state index is 13.4. The molecule has 7 nitrogen and oxygen atoms in total. The molecule has 1 amide bonds. The first-order valence-corrected chi connectivity index (χ1v) is 11.4. The zero-order valence-corrected chi connectivity index (χ0v) is 18.9. The predicted molar refractivity (Wildman–Crippen MR) is 123 cm³/mol. The molecule has 4 rings (SSSR count). The summed E-state index contributed by atoms with van der Waals surface area (Å²) in [7, 11) is 0. The Morgan fingerprint density at radius 3 is 2.67 bits per heavy atom. The fourth-order valence-corrected chi connectivity index (χ4v) is 5.19. The minimum Gasteiger partial charge on any atom is -0.507 e. The van der Waals surface area contributed by atoms with Crippen LogP contribution < -0.4 is 4.90 Å². The summed E-state index contributed by atoms with van der Waals surface area (Å²) < 4.78 is 18.4. The number of hydrogen-bond acceptors (Lipinski definition) is 8. The summed E-state index contributed by atoms with van der Waals surface area (Å²) in [5.74, 6) is -3.34. The molecule has 1 aromatic carbocycles. The van der Waals surface area contributed by atoms with Crippen molar-refractivity contribution in [1.82, 2.24) is 4.98 Å². The average molecular weight is 485 g/mol. The number of hydrogen-bond donors (Lipinski definition) is 1. The first kappa shape index (κ1) is 22.6. The molecule has 1 aliphatic heterocycles. The van der Waals surface area contributed by atoms with Gasteiger partial charge < -0.3 is 9.84 Å². The number of thiazole rings is 1. The van der Waals surface area contributed by atoms with Crippen molar-refractivity contribution in [2.75, 3.05) is 11.5 Å². The normalized spacial score (nSPS) is 17.4. The minimum atomic E-state index is -0.961. The second kappa shape index (κ2) is 9.08. The van der Waals surface area contributed by atoms with Gasteiger partial charge in [0.25, 0.3) is 5.78 Å². The molecule has 2 aromatic heterocycles. The minimum absolute atomic E-state index is 0.0168. The van der Waals surface area contributed by atoms with E-state index in [0.29, 0.717) is 10.6 Å². The van der Waals surface area contributed by atoms with Gasteiger partial charge in [0, 0.05) is 10.4 Å². The molecule has 3 heterocycles. The molecule has 0 spiro atoms. The van der Waals surface area contributed by atoms with Crippen LogP contribution in [0.15, 0.2) is 60.0 Å². The number of ether oxygens (including phenoxy) is 1. The Bertz CT molecular complexity index is 1280. The van der Waals surface area contributed by atoms with Crippen molar-refractivity contribution in [2.45, 2.75) is 13.0 Å². The lowest BCUT2D eigenvalue weighted by Crippen LogP contribution is -2.29. The molecule has 3 aromatic rings. The van der Waals surface area contributed by atoms with E-state index in [1.807, 2.05) is 0 Å². The molecule has 0 bridgehead atoms. The third-order valence-electron chi connectivity index (χ3n) is 4.88. The lowest BCUT2D eigenvalue weighted by atomic mass is 10.00. The number of aryl methyl sites for hydroxylation is 1. The first-order chi connectivity index (χ1) is 15.8. The van der Waals surface area contributed by atoms with Gasteiger partial charge in [-0.15, -0.1) is 11.3 Å². The van der Waals surface area contributed by atoms with Crippen molar-refractivity contribution in [3.63, 3.8) is 0 Å². The van der Waals surface area contributed by atoms with Crippen molar-refractivity contribution in [3.8, 4) is 0 Å². The van der Waals surface area contributed by atoms with E-state index in [2.05, 4.69) is 11.6 Å². The molecular weight excluding hydrogens is 467 g/mol. The summed E-state index contributed by atoms with van der Waals surface area (Å²) in [5.41, 5.74) is 0.395. The molecule has 1 unspecified atom stereocenters. The summed E-state index contributed by atoms with van der Waals surface area (Å²) in [6.45, 7) is 5.11. The van der Waals surface area contributed by atoms with Crippen molar-refractivity contribution in [1.29, 1.82) is 0 Å². The van der Waals surface area contributed by atoms with Crippen molar-refractivity contribution >= 4 is 51.2 Å². The molecule has 1 saturated heterocycles. The number of thiophene rings is 1. The summed E-state index contributed by atoms with van der Waals surface area (Å²) >= 11 is 2.21. The van der Waals surface area contributed by atoms with Gasteiger partial charge in [-0.3, -0.25) is 14.5 Å². The molecule has 0 aliphatic carbocycles. The van der Waals surface area contributed by atoms with Crippen LogP contribution in [0.2, 0.25) is 0 Å².